The Morgan fingerprint density at radius 3 is 2.52 bits per heavy atom. The van der Waals surface area contributed by atoms with Crippen LogP contribution < -0.4 is 5.32 Å². The maximum absolute atomic E-state index is 13.2. The largest absolute Gasteiger partial charge is 0.310 e. The van der Waals surface area contributed by atoms with Gasteiger partial charge in [-0.25, -0.2) is 9.07 Å². The summed E-state index contributed by atoms with van der Waals surface area (Å²) in [4.78, 5) is 25.3. The third-order valence-corrected chi connectivity index (χ3v) is 5.15. The maximum atomic E-state index is 13.2. The average Bonchev–Trinajstić information content (AvgIpc) is 2.98. The first-order chi connectivity index (χ1) is 12.9. The van der Waals surface area contributed by atoms with Crippen LogP contribution >= 0.6 is 15.9 Å². The number of carbonyl (C=O) groups excluding carboxylic acids is 2. The molecular formula is C20H15BrFN3O2. The molecule has 136 valence electrons. The minimum absolute atomic E-state index is 0.0378. The van der Waals surface area contributed by atoms with Gasteiger partial charge in [0.05, 0.1) is 17.3 Å². The smallest absolute Gasteiger partial charge is 0.226 e. The SMILES string of the molecule is Cc1nn(-c2ccc(Br)cc2)c2c1[C@@H](C(=O)c1ccc(F)cc1)CC(=O)N2. The minimum Gasteiger partial charge on any atom is -0.310 e. The third kappa shape index (κ3) is 3.19. The quantitative estimate of drug-likeness (QED) is 0.630. The number of aromatic nitrogens is 2. The molecule has 1 aromatic heterocycles. The Hall–Kier alpha value is -2.80. The highest BCUT2D eigenvalue weighted by molar-refractivity contribution is 9.10. The van der Waals surface area contributed by atoms with Gasteiger partial charge in [-0.3, -0.25) is 9.59 Å². The van der Waals surface area contributed by atoms with Crippen molar-refractivity contribution in [2.75, 3.05) is 5.32 Å². The van der Waals surface area contributed by atoms with Crippen molar-refractivity contribution < 1.29 is 14.0 Å². The molecule has 1 atom stereocenters. The fourth-order valence-corrected chi connectivity index (χ4v) is 3.62. The molecule has 0 fully saturated rings. The highest BCUT2D eigenvalue weighted by atomic mass is 79.9. The van der Waals surface area contributed by atoms with Crippen LogP contribution in [0.1, 0.15) is 34.0 Å². The molecule has 5 nitrogen and oxygen atoms in total. The zero-order valence-electron chi connectivity index (χ0n) is 14.4. The Morgan fingerprint density at radius 1 is 1.19 bits per heavy atom. The van der Waals surface area contributed by atoms with E-state index in [9.17, 15) is 14.0 Å². The fourth-order valence-electron chi connectivity index (χ4n) is 3.36. The molecule has 27 heavy (non-hydrogen) atoms. The number of nitrogens with zero attached hydrogens (tertiary/aromatic N) is 2. The van der Waals surface area contributed by atoms with Crippen molar-refractivity contribution in [2.45, 2.75) is 19.3 Å². The first-order valence-electron chi connectivity index (χ1n) is 8.39. The number of carbonyl (C=O) groups is 2. The van der Waals surface area contributed by atoms with E-state index in [-0.39, 0.29) is 18.1 Å². The third-order valence-electron chi connectivity index (χ3n) is 4.62. The molecule has 1 amide bonds. The van der Waals surface area contributed by atoms with E-state index in [1.165, 1.54) is 24.3 Å². The molecule has 4 rings (SSSR count). The molecule has 1 aliphatic rings. The second kappa shape index (κ2) is 6.74. The molecule has 0 radical (unpaired) electrons. The van der Waals surface area contributed by atoms with Gasteiger partial charge in [0.1, 0.15) is 11.6 Å². The van der Waals surface area contributed by atoms with Gasteiger partial charge >= 0.3 is 0 Å². The number of hydrogen-bond acceptors (Lipinski definition) is 3. The Morgan fingerprint density at radius 2 is 1.85 bits per heavy atom. The Labute approximate surface area is 163 Å². The minimum atomic E-state index is -0.650. The van der Waals surface area contributed by atoms with E-state index in [1.54, 1.807) is 4.68 Å². The van der Waals surface area contributed by atoms with Crippen LogP contribution in [0, 0.1) is 12.7 Å². The van der Waals surface area contributed by atoms with E-state index in [1.807, 2.05) is 31.2 Å². The van der Waals surface area contributed by atoms with E-state index in [0.717, 1.165) is 10.2 Å². The maximum Gasteiger partial charge on any atom is 0.226 e. The standard InChI is InChI=1S/C20H15BrFN3O2/c1-11-18-16(19(27)12-2-6-14(22)7-3-12)10-17(26)23-20(18)25(24-11)15-8-4-13(21)5-9-15/h2-9,16H,10H2,1H3,(H,23,26)/t16-/m0/s1. The van der Waals surface area contributed by atoms with Crippen LogP contribution in [0.15, 0.2) is 53.0 Å². The zero-order chi connectivity index (χ0) is 19.1. The molecule has 2 heterocycles. The Kier molecular flexibility index (Phi) is 4.39. The summed E-state index contributed by atoms with van der Waals surface area (Å²) in [7, 11) is 0. The highest BCUT2D eigenvalue weighted by Gasteiger charge is 2.36. The number of benzene rings is 2. The number of fused-ring (bicyclic) bond motifs is 1. The lowest BCUT2D eigenvalue weighted by molar-refractivity contribution is -0.116. The molecule has 0 saturated carbocycles. The molecule has 0 bridgehead atoms. The van der Waals surface area contributed by atoms with Gasteiger partial charge in [-0.2, -0.15) is 5.10 Å². The molecule has 7 heteroatoms. The van der Waals surface area contributed by atoms with Gasteiger partial charge < -0.3 is 5.32 Å². The predicted octanol–water partition coefficient (Wildman–Crippen LogP) is 4.39. The summed E-state index contributed by atoms with van der Waals surface area (Å²) in [5.74, 6) is -1.02. The van der Waals surface area contributed by atoms with Crippen molar-refractivity contribution >= 4 is 33.4 Å². The van der Waals surface area contributed by atoms with Crippen LogP contribution in [0.5, 0.6) is 0 Å². The molecule has 2 aromatic carbocycles. The summed E-state index contributed by atoms with van der Waals surface area (Å²) in [6.45, 7) is 1.82. The first-order valence-corrected chi connectivity index (χ1v) is 9.18. The van der Waals surface area contributed by atoms with Gasteiger partial charge in [0.25, 0.3) is 0 Å². The monoisotopic (exact) mass is 427 g/mol. The van der Waals surface area contributed by atoms with Gasteiger partial charge in [0.2, 0.25) is 5.91 Å². The summed E-state index contributed by atoms with van der Waals surface area (Å²) < 4.78 is 15.8. The lowest BCUT2D eigenvalue weighted by atomic mass is 9.85. The van der Waals surface area contributed by atoms with Gasteiger partial charge in [0, 0.05) is 22.0 Å². The lowest BCUT2D eigenvalue weighted by Gasteiger charge is -2.23. The summed E-state index contributed by atoms with van der Waals surface area (Å²) in [5.41, 5.74) is 2.52. The van der Waals surface area contributed by atoms with Crippen LogP contribution in [0.3, 0.4) is 0 Å². The highest BCUT2D eigenvalue weighted by Crippen LogP contribution is 2.38. The number of anilines is 1. The zero-order valence-corrected chi connectivity index (χ0v) is 16.0. The van der Waals surface area contributed by atoms with E-state index in [0.29, 0.717) is 22.6 Å². The number of hydrogen-bond donors (Lipinski definition) is 1. The molecule has 1 N–H and O–H groups in total. The normalized spacial score (nSPS) is 16.0. The van der Waals surface area contributed by atoms with Crippen LogP contribution in [-0.2, 0) is 4.79 Å². The number of amides is 1. The summed E-state index contributed by atoms with van der Waals surface area (Å²) in [6.07, 6.45) is 0.0378. The van der Waals surface area contributed by atoms with Crippen LogP contribution in [0.2, 0.25) is 0 Å². The molecule has 0 unspecified atom stereocenters. The van der Waals surface area contributed by atoms with Gasteiger partial charge in [0.15, 0.2) is 5.78 Å². The molecular weight excluding hydrogens is 413 g/mol. The second-order valence-electron chi connectivity index (χ2n) is 6.41. The lowest BCUT2D eigenvalue weighted by Crippen LogP contribution is -2.28. The number of ketones is 1. The van der Waals surface area contributed by atoms with Crippen molar-refractivity contribution in [3.8, 4) is 5.69 Å². The number of nitrogens with one attached hydrogen (secondary N) is 1. The molecule has 3 aromatic rings. The van der Waals surface area contributed by atoms with E-state index >= 15 is 0 Å². The summed E-state index contributed by atoms with van der Waals surface area (Å²) in [6, 6.07) is 12.9. The van der Waals surface area contributed by atoms with E-state index in [4.69, 9.17) is 0 Å². The van der Waals surface area contributed by atoms with Crippen LogP contribution in [0.4, 0.5) is 10.2 Å². The molecule has 0 saturated heterocycles. The average molecular weight is 428 g/mol. The first kappa shape index (κ1) is 17.6. The Balaban J connectivity index is 1.80. The van der Waals surface area contributed by atoms with Crippen LogP contribution in [0.25, 0.3) is 5.69 Å². The van der Waals surface area contributed by atoms with Gasteiger partial charge in [-0.05, 0) is 55.5 Å². The van der Waals surface area contributed by atoms with E-state index in [2.05, 4.69) is 26.3 Å². The van der Waals surface area contributed by atoms with Crippen molar-refractivity contribution in [3.05, 3.63) is 75.6 Å². The second-order valence-corrected chi connectivity index (χ2v) is 7.33. The number of rotatable bonds is 3. The molecule has 0 spiro atoms. The number of Topliss-reactive ketones (excluding diaryl/α,β-unsaturated/α-hetero) is 1. The molecule has 0 aliphatic carbocycles. The summed E-state index contributed by atoms with van der Waals surface area (Å²) >= 11 is 3.40. The molecule has 1 aliphatic heterocycles. The predicted molar refractivity (Wildman–Crippen MR) is 103 cm³/mol. The van der Waals surface area contributed by atoms with Crippen molar-refractivity contribution in [2.24, 2.45) is 0 Å². The van der Waals surface area contributed by atoms with Gasteiger partial charge in [-0.15, -0.1) is 0 Å². The van der Waals surface area contributed by atoms with Gasteiger partial charge in [-0.1, -0.05) is 15.9 Å². The van der Waals surface area contributed by atoms with Crippen molar-refractivity contribution in [1.82, 2.24) is 9.78 Å². The topological polar surface area (TPSA) is 64.0 Å². The number of halogens is 2. The summed E-state index contributed by atoms with van der Waals surface area (Å²) in [5, 5.41) is 7.39. The van der Waals surface area contributed by atoms with Crippen LogP contribution in [-0.4, -0.2) is 21.5 Å². The number of aryl methyl sites for hydroxylation is 1. The van der Waals surface area contributed by atoms with Crippen molar-refractivity contribution in [1.29, 1.82) is 0 Å². The Bertz CT molecular complexity index is 1040. The van der Waals surface area contributed by atoms with Crippen molar-refractivity contribution in [3.63, 3.8) is 0 Å². The van der Waals surface area contributed by atoms with E-state index < -0.39 is 11.7 Å². The fraction of sp³-hybridized carbons (Fsp3) is 0.150.